The zero-order valence-corrected chi connectivity index (χ0v) is 13.9. The van der Waals surface area contributed by atoms with Crippen LogP contribution in [0.1, 0.15) is 29.2 Å². The second kappa shape index (κ2) is 7.61. The Morgan fingerprint density at radius 1 is 0.917 bits per heavy atom. The van der Waals surface area contributed by atoms with Crippen molar-refractivity contribution in [2.24, 2.45) is 11.8 Å². The average molecular weight is 320 g/mol. The molecule has 4 atom stereocenters. The molecule has 124 valence electrons. The fourth-order valence-electron chi connectivity index (χ4n) is 3.17. The Morgan fingerprint density at radius 3 is 2.29 bits per heavy atom. The van der Waals surface area contributed by atoms with Crippen LogP contribution in [-0.2, 0) is 0 Å². The number of aliphatic hydroxyl groups is 2. The predicted octanol–water partition coefficient (Wildman–Crippen LogP) is 4.30. The first kappa shape index (κ1) is 16.7. The number of hydrogen-bond donors (Lipinski definition) is 2. The highest BCUT2D eigenvalue weighted by Gasteiger charge is 2.29. The van der Waals surface area contributed by atoms with Crippen molar-refractivity contribution < 1.29 is 10.2 Å². The summed E-state index contributed by atoms with van der Waals surface area (Å²) in [5, 5.41) is 21.0. The van der Waals surface area contributed by atoms with E-state index in [4.69, 9.17) is 0 Å². The van der Waals surface area contributed by atoms with E-state index >= 15 is 0 Å². The van der Waals surface area contributed by atoms with Crippen molar-refractivity contribution in [3.8, 4) is 0 Å². The van der Waals surface area contributed by atoms with E-state index in [2.05, 4.69) is 0 Å². The SMILES string of the molecule is Cc1ccc([C@@H](O)[C@H]2C=C[C@H]([C@H](O)/C=C/c3ccccc3)C2)cc1. The number of aryl methyl sites for hydroxylation is 1. The van der Waals surface area contributed by atoms with E-state index in [9.17, 15) is 10.2 Å². The van der Waals surface area contributed by atoms with Crippen LogP contribution < -0.4 is 0 Å². The van der Waals surface area contributed by atoms with Crippen LogP contribution in [0.4, 0.5) is 0 Å². The van der Waals surface area contributed by atoms with Gasteiger partial charge in [-0.3, -0.25) is 0 Å². The normalized spacial score (nSPS) is 22.8. The van der Waals surface area contributed by atoms with Crippen LogP contribution in [0.3, 0.4) is 0 Å². The molecule has 0 aromatic heterocycles. The van der Waals surface area contributed by atoms with Crippen LogP contribution in [0.15, 0.2) is 72.8 Å². The second-order valence-electron chi connectivity index (χ2n) is 6.56. The highest BCUT2D eigenvalue weighted by atomic mass is 16.3. The van der Waals surface area contributed by atoms with Crippen LogP contribution in [0.5, 0.6) is 0 Å². The van der Waals surface area contributed by atoms with Crippen molar-refractivity contribution in [3.63, 3.8) is 0 Å². The molecule has 24 heavy (non-hydrogen) atoms. The summed E-state index contributed by atoms with van der Waals surface area (Å²) in [6, 6.07) is 18.0. The molecule has 0 fully saturated rings. The Morgan fingerprint density at radius 2 is 1.58 bits per heavy atom. The first-order valence-electron chi connectivity index (χ1n) is 8.48. The van der Waals surface area contributed by atoms with Crippen molar-refractivity contribution in [1.82, 2.24) is 0 Å². The number of aliphatic hydroxyl groups excluding tert-OH is 2. The molecule has 0 bridgehead atoms. The maximum Gasteiger partial charge on any atom is 0.0852 e. The van der Waals surface area contributed by atoms with Gasteiger partial charge in [-0.1, -0.05) is 84.5 Å². The molecule has 1 aliphatic rings. The summed E-state index contributed by atoms with van der Waals surface area (Å²) in [7, 11) is 0. The molecule has 2 N–H and O–H groups in total. The lowest BCUT2D eigenvalue weighted by Gasteiger charge is -2.20. The zero-order chi connectivity index (χ0) is 16.9. The van der Waals surface area contributed by atoms with Crippen molar-refractivity contribution in [1.29, 1.82) is 0 Å². The summed E-state index contributed by atoms with van der Waals surface area (Å²) in [5.74, 6) is 0.104. The molecule has 2 aromatic rings. The molecule has 1 aliphatic carbocycles. The standard InChI is InChI=1S/C22H24O2/c1-16-7-10-18(11-8-16)22(24)20-13-12-19(15-20)21(23)14-9-17-5-3-2-4-6-17/h2-14,19-24H,15H2,1H3/b14-9+/t19-,20-,21+,22+/m0/s1. The first-order valence-corrected chi connectivity index (χ1v) is 8.48. The molecule has 2 heteroatoms. The summed E-state index contributed by atoms with van der Waals surface area (Å²) < 4.78 is 0. The molecule has 2 aromatic carbocycles. The van der Waals surface area contributed by atoms with Crippen LogP contribution in [-0.4, -0.2) is 16.3 Å². The van der Waals surface area contributed by atoms with Gasteiger partial charge in [-0.05, 0) is 24.5 Å². The monoisotopic (exact) mass is 320 g/mol. The van der Waals surface area contributed by atoms with Gasteiger partial charge in [0.25, 0.3) is 0 Å². The van der Waals surface area contributed by atoms with Gasteiger partial charge in [0.1, 0.15) is 0 Å². The van der Waals surface area contributed by atoms with Crippen molar-refractivity contribution in [2.45, 2.75) is 25.6 Å². The van der Waals surface area contributed by atoms with Crippen molar-refractivity contribution in [2.75, 3.05) is 0 Å². The minimum absolute atomic E-state index is 0.0510. The van der Waals surface area contributed by atoms with Gasteiger partial charge < -0.3 is 10.2 Å². The number of rotatable bonds is 5. The summed E-state index contributed by atoms with van der Waals surface area (Å²) in [6.07, 6.45) is 7.56. The van der Waals surface area contributed by atoms with Gasteiger partial charge in [-0.2, -0.15) is 0 Å². The highest BCUT2D eigenvalue weighted by Crippen LogP contribution is 2.35. The summed E-state index contributed by atoms with van der Waals surface area (Å²) >= 11 is 0. The maximum atomic E-state index is 10.6. The molecule has 3 rings (SSSR count). The van der Waals surface area contributed by atoms with Crippen molar-refractivity contribution in [3.05, 3.63) is 89.5 Å². The number of benzene rings is 2. The predicted molar refractivity (Wildman–Crippen MR) is 98.4 cm³/mol. The van der Waals surface area contributed by atoms with Crippen LogP contribution in [0.25, 0.3) is 6.08 Å². The molecule has 0 spiro atoms. The largest absolute Gasteiger partial charge is 0.388 e. The molecular formula is C22H24O2. The van der Waals surface area contributed by atoms with E-state index in [-0.39, 0.29) is 11.8 Å². The van der Waals surface area contributed by atoms with E-state index in [1.807, 2.05) is 85.8 Å². The molecule has 0 aliphatic heterocycles. The van der Waals surface area contributed by atoms with Gasteiger partial charge in [0.2, 0.25) is 0 Å². The van der Waals surface area contributed by atoms with Gasteiger partial charge in [0, 0.05) is 11.8 Å². The Bertz CT molecular complexity index is 701. The van der Waals surface area contributed by atoms with E-state index < -0.39 is 12.2 Å². The summed E-state index contributed by atoms with van der Waals surface area (Å²) in [5.41, 5.74) is 3.20. The molecule has 2 nitrogen and oxygen atoms in total. The molecule has 0 amide bonds. The lowest BCUT2D eigenvalue weighted by atomic mass is 9.90. The van der Waals surface area contributed by atoms with Gasteiger partial charge >= 0.3 is 0 Å². The number of hydrogen-bond acceptors (Lipinski definition) is 2. The van der Waals surface area contributed by atoms with Gasteiger partial charge in [0.05, 0.1) is 12.2 Å². The van der Waals surface area contributed by atoms with Crippen LogP contribution in [0.2, 0.25) is 0 Å². The van der Waals surface area contributed by atoms with E-state index in [1.165, 1.54) is 5.56 Å². The van der Waals surface area contributed by atoms with E-state index in [0.29, 0.717) is 0 Å². The minimum Gasteiger partial charge on any atom is -0.388 e. The Kier molecular flexibility index (Phi) is 5.29. The quantitative estimate of drug-likeness (QED) is 0.807. The lowest BCUT2D eigenvalue weighted by Crippen LogP contribution is -2.17. The fraction of sp³-hybridized carbons (Fsp3) is 0.273. The van der Waals surface area contributed by atoms with Gasteiger partial charge in [0.15, 0.2) is 0 Å². The molecular weight excluding hydrogens is 296 g/mol. The van der Waals surface area contributed by atoms with E-state index in [1.54, 1.807) is 0 Å². The lowest BCUT2D eigenvalue weighted by molar-refractivity contribution is 0.109. The van der Waals surface area contributed by atoms with Gasteiger partial charge in [-0.25, -0.2) is 0 Å². The maximum absolute atomic E-state index is 10.6. The van der Waals surface area contributed by atoms with E-state index in [0.717, 1.165) is 17.5 Å². The fourth-order valence-corrected chi connectivity index (χ4v) is 3.17. The van der Waals surface area contributed by atoms with Gasteiger partial charge in [-0.15, -0.1) is 0 Å². The molecule has 0 radical (unpaired) electrons. The average Bonchev–Trinajstić information content (AvgIpc) is 3.11. The molecule has 0 unspecified atom stereocenters. The summed E-state index contributed by atoms with van der Waals surface area (Å²) in [4.78, 5) is 0. The summed E-state index contributed by atoms with van der Waals surface area (Å²) in [6.45, 7) is 2.04. The zero-order valence-electron chi connectivity index (χ0n) is 13.9. The van der Waals surface area contributed by atoms with Crippen LogP contribution in [0, 0.1) is 18.8 Å². The molecule has 0 saturated carbocycles. The second-order valence-corrected chi connectivity index (χ2v) is 6.56. The topological polar surface area (TPSA) is 40.5 Å². The minimum atomic E-state index is -0.531. The third kappa shape index (κ3) is 4.02. The highest BCUT2D eigenvalue weighted by molar-refractivity contribution is 5.49. The first-order chi connectivity index (χ1) is 11.6. The van der Waals surface area contributed by atoms with Crippen LogP contribution >= 0.6 is 0 Å². The molecule has 0 saturated heterocycles. The molecule has 0 heterocycles. The Balaban J connectivity index is 1.59. The third-order valence-corrected chi connectivity index (χ3v) is 4.70. The smallest absolute Gasteiger partial charge is 0.0852 e. The Hall–Kier alpha value is -2.16. The van der Waals surface area contributed by atoms with Crippen molar-refractivity contribution >= 4 is 6.08 Å². The Labute approximate surface area is 143 Å². The third-order valence-electron chi connectivity index (χ3n) is 4.70.